The molecule has 1 aromatic carbocycles. The summed E-state index contributed by atoms with van der Waals surface area (Å²) >= 11 is 0.843. The van der Waals surface area contributed by atoms with Gasteiger partial charge in [0.1, 0.15) is 22.7 Å². The predicted molar refractivity (Wildman–Crippen MR) is 63.8 cm³/mol. The minimum Gasteiger partial charge on any atom is -0.399 e. The Balaban J connectivity index is 2.31. The van der Waals surface area contributed by atoms with Gasteiger partial charge >= 0.3 is 0 Å². The van der Waals surface area contributed by atoms with Crippen molar-refractivity contribution in [2.45, 2.75) is 9.92 Å². The van der Waals surface area contributed by atoms with Crippen LogP contribution in [0.4, 0.5) is 14.5 Å². The van der Waals surface area contributed by atoms with Crippen LogP contribution in [0.2, 0.25) is 0 Å². The summed E-state index contributed by atoms with van der Waals surface area (Å²) in [5, 5.41) is 9.01. The van der Waals surface area contributed by atoms with Crippen molar-refractivity contribution in [2.75, 3.05) is 5.73 Å². The highest BCUT2D eigenvalue weighted by molar-refractivity contribution is 7.99. The molecule has 0 spiro atoms. The molecule has 0 unspecified atom stereocenters. The van der Waals surface area contributed by atoms with Crippen LogP contribution in [-0.2, 0) is 0 Å². The van der Waals surface area contributed by atoms with E-state index in [4.69, 9.17) is 11.0 Å². The average Bonchev–Trinajstić information content (AvgIpc) is 2.34. The zero-order valence-electron chi connectivity index (χ0n) is 9.02. The quantitative estimate of drug-likeness (QED) is 0.846. The lowest BCUT2D eigenvalue weighted by Gasteiger charge is -2.05. The molecule has 0 atom stereocenters. The Kier molecular flexibility index (Phi) is 3.44. The summed E-state index contributed by atoms with van der Waals surface area (Å²) in [6.07, 6.45) is 1.34. The first-order chi connectivity index (χ1) is 8.60. The summed E-state index contributed by atoms with van der Waals surface area (Å²) in [5.41, 5.74) is 5.74. The van der Waals surface area contributed by atoms with E-state index in [-0.39, 0.29) is 10.6 Å². The van der Waals surface area contributed by atoms with Crippen LogP contribution in [0.1, 0.15) is 5.56 Å². The first-order valence-corrected chi connectivity index (χ1v) is 5.70. The standard InChI is InChI=1S/C12H7F2N3S/c13-9-3-8(16)4-10(14)12(9)18-11-2-1-7(5-15)6-17-11/h1-4,6H,16H2. The summed E-state index contributed by atoms with van der Waals surface area (Å²) in [6.45, 7) is 0. The van der Waals surface area contributed by atoms with Gasteiger partial charge in [0, 0.05) is 11.9 Å². The minimum atomic E-state index is -0.733. The highest BCUT2D eigenvalue weighted by Crippen LogP contribution is 2.32. The number of nitrogens with two attached hydrogens (primary N) is 1. The molecule has 6 heteroatoms. The van der Waals surface area contributed by atoms with E-state index in [2.05, 4.69) is 4.98 Å². The third-order valence-electron chi connectivity index (χ3n) is 2.09. The molecule has 0 saturated heterocycles. The third kappa shape index (κ3) is 2.57. The molecular formula is C12H7F2N3S. The van der Waals surface area contributed by atoms with E-state index in [1.165, 1.54) is 18.3 Å². The van der Waals surface area contributed by atoms with Gasteiger partial charge in [0.25, 0.3) is 0 Å². The van der Waals surface area contributed by atoms with Crippen LogP contribution in [0.3, 0.4) is 0 Å². The Bertz CT molecular complexity index is 597. The Morgan fingerprint density at radius 3 is 2.39 bits per heavy atom. The minimum absolute atomic E-state index is 0.0298. The zero-order chi connectivity index (χ0) is 13.1. The lowest BCUT2D eigenvalue weighted by molar-refractivity contribution is 0.541. The van der Waals surface area contributed by atoms with Crippen LogP contribution in [0, 0.1) is 23.0 Å². The molecule has 0 bridgehead atoms. The van der Waals surface area contributed by atoms with Crippen molar-refractivity contribution >= 4 is 17.4 Å². The van der Waals surface area contributed by atoms with Gasteiger partial charge in [0.2, 0.25) is 0 Å². The van der Waals surface area contributed by atoms with Crippen molar-refractivity contribution in [3.8, 4) is 6.07 Å². The van der Waals surface area contributed by atoms with Gasteiger partial charge in [-0.1, -0.05) is 11.8 Å². The second-order valence-electron chi connectivity index (χ2n) is 3.41. The number of halogens is 2. The van der Waals surface area contributed by atoms with E-state index in [0.29, 0.717) is 10.6 Å². The maximum atomic E-state index is 13.5. The topological polar surface area (TPSA) is 62.7 Å². The van der Waals surface area contributed by atoms with E-state index in [0.717, 1.165) is 23.9 Å². The average molecular weight is 263 g/mol. The van der Waals surface area contributed by atoms with E-state index < -0.39 is 11.6 Å². The number of rotatable bonds is 2. The number of nitriles is 1. The number of nitrogen functional groups attached to an aromatic ring is 1. The molecule has 0 amide bonds. The van der Waals surface area contributed by atoms with Crippen molar-refractivity contribution in [1.82, 2.24) is 4.98 Å². The summed E-state index contributed by atoms with van der Waals surface area (Å²) in [7, 11) is 0. The van der Waals surface area contributed by atoms with Gasteiger partial charge in [0.15, 0.2) is 0 Å². The molecule has 0 fully saturated rings. The van der Waals surface area contributed by atoms with Gasteiger partial charge in [-0.3, -0.25) is 0 Å². The van der Waals surface area contributed by atoms with Gasteiger partial charge in [-0.2, -0.15) is 5.26 Å². The molecule has 2 aromatic rings. The number of hydrogen-bond acceptors (Lipinski definition) is 4. The molecule has 1 heterocycles. The molecule has 3 nitrogen and oxygen atoms in total. The van der Waals surface area contributed by atoms with Gasteiger partial charge < -0.3 is 5.73 Å². The number of benzene rings is 1. The summed E-state index contributed by atoms with van der Waals surface area (Å²) in [4.78, 5) is 3.76. The fourth-order valence-electron chi connectivity index (χ4n) is 1.29. The predicted octanol–water partition coefficient (Wildman–Crippen LogP) is 2.96. The van der Waals surface area contributed by atoms with Crippen LogP contribution >= 0.6 is 11.8 Å². The molecule has 0 aliphatic carbocycles. The summed E-state index contributed by atoms with van der Waals surface area (Å²) in [6, 6.07) is 7.07. The SMILES string of the molecule is N#Cc1ccc(Sc2c(F)cc(N)cc2F)nc1. The van der Waals surface area contributed by atoms with Gasteiger partial charge in [0.05, 0.1) is 10.5 Å². The molecular weight excluding hydrogens is 256 g/mol. The second-order valence-corrected chi connectivity index (χ2v) is 4.44. The summed E-state index contributed by atoms with van der Waals surface area (Å²) < 4.78 is 27.0. The number of nitrogens with zero attached hydrogens (tertiary/aromatic N) is 2. The lowest BCUT2D eigenvalue weighted by atomic mass is 10.3. The molecule has 18 heavy (non-hydrogen) atoms. The highest BCUT2D eigenvalue weighted by Gasteiger charge is 2.12. The van der Waals surface area contributed by atoms with Crippen LogP contribution in [0.15, 0.2) is 40.4 Å². The fourth-order valence-corrected chi connectivity index (χ4v) is 2.05. The molecule has 1 aromatic heterocycles. The first-order valence-electron chi connectivity index (χ1n) is 4.88. The van der Waals surface area contributed by atoms with Gasteiger partial charge in [-0.05, 0) is 24.3 Å². The number of pyridine rings is 1. The number of hydrogen-bond donors (Lipinski definition) is 1. The van der Waals surface area contributed by atoms with Gasteiger partial charge in [-0.25, -0.2) is 13.8 Å². The molecule has 0 aliphatic rings. The van der Waals surface area contributed by atoms with E-state index >= 15 is 0 Å². The van der Waals surface area contributed by atoms with Crippen molar-refractivity contribution in [2.24, 2.45) is 0 Å². The zero-order valence-corrected chi connectivity index (χ0v) is 9.84. The monoisotopic (exact) mass is 263 g/mol. The van der Waals surface area contributed by atoms with Crippen molar-refractivity contribution in [3.63, 3.8) is 0 Å². The summed E-state index contributed by atoms with van der Waals surface area (Å²) in [5.74, 6) is -1.47. The third-order valence-corrected chi connectivity index (χ3v) is 3.14. The lowest BCUT2D eigenvalue weighted by Crippen LogP contribution is -1.93. The first kappa shape index (κ1) is 12.3. The van der Waals surface area contributed by atoms with Crippen LogP contribution in [-0.4, -0.2) is 4.98 Å². The van der Waals surface area contributed by atoms with Gasteiger partial charge in [-0.15, -0.1) is 0 Å². The number of aromatic nitrogens is 1. The Labute approximate surface area is 106 Å². The molecule has 2 N–H and O–H groups in total. The highest BCUT2D eigenvalue weighted by atomic mass is 32.2. The van der Waals surface area contributed by atoms with E-state index in [1.807, 2.05) is 6.07 Å². The maximum absolute atomic E-state index is 13.5. The normalized spacial score (nSPS) is 10.1. The van der Waals surface area contributed by atoms with Crippen LogP contribution in [0.25, 0.3) is 0 Å². The molecule has 2 rings (SSSR count). The smallest absolute Gasteiger partial charge is 0.142 e. The largest absolute Gasteiger partial charge is 0.399 e. The molecule has 0 radical (unpaired) electrons. The van der Waals surface area contributed by atoms with E-state index in [1.54, 1.807) is 0 Å². The van der Waals surface area contributed by atoms with Crippen LogP contribution in [0.5, 0.6) is 0 Å². The molecule has 0 saturated carbocycles. The van der Waals surface area contributed by atoms with Crippen molar-refractivity contribution in [3.05, 3.63) is 47.7 Å². The Hall–Kier alpha value is -2.13. The van der Waals surface area contributed by atoms with Crippen molar-refractivity contribution < 1.29 is 8.78 Å². The molecule has 90 valence electrons. The van der Waals surface area contributed by atoms with Crippen LogP contribution < -0.4 is 5.73 Å². The Morgan fingerprint density at radius 1 is 1.22 bits per heavy atom. The second kappa shape index (κ2) is 5.02. The maximum Gasteiger partial charge on any atom is 0.142 e. The molecule has 0 aliphatic heterocycles. The van der Waals surface area contributed by atoms with Crippen molar-refractivity contribution in [1.29, 1.82) is 5.26 Å². The van der Waals surface area contributed by atoms with E-state index in [9.17, 15) is 8.78 Å². The number of anilines is 1. The fraction of sp³-hybridized carbons (Fsp3) is 0. The Morgan fingerprint density at radius 2 is 1.89 bits per heavy atom.